The van der Waals surface area contributed by atoms with Crippen LogP contribution in [0.2, 0.25) is 0 Å². The van der Waals surface area contributed by atoms with Gasteiger partial charge in [-0.3, -0.25) is 9.78 Å². The van der Waals surface area contributed by atoms with E-state index in [4.69, 9.17) is 19.2 Å². The summed E-state index contributed by atoms with van der Waals surface area (Å²) in [5.41, 5.74) is 6.98. The zero-order chi connectivity index (χ0) is 22.9. The number of aromatic nitrogens is 1. The van der Waals surface area contributed by atoms with Crippen LogP contribution in [0.1, 0.15) is 85.5 Å². The Morgan fingerprint density at radius 3 is 2.50 bits per heavy atom. The Morgan fingerprint density at radius 2 is 1.81 bits per heavy atom. The molecule has 1 saturated carbocycles. The Balaban J connectivity index is 1.91. The summed E-state index contributed by atoms with van der Waals surface area (Å²) in [6, 6.07) is 6.21. The van der Waals surface area contributed by atoms with Crippen LogP contribution >= 0.6 is 0 Å². The molecule has 32 heavy (non-hydrogen) atoms. The van der Waals surface area contributed by atoms with Crippen molar-refractivity contribution in [2.24, 2.45) is 0 Å². The molecule has 2 aromatic rings. The molecule has 0 amide bonds. The molecule has 0 aliphatic heterocycles. The monoisotopic (exact) mass is 439 g/mol. The number of carbonyl (C=O) groups is 1. The van der Waals surface area contributed by atoms with Crippen molar-refractivity contribution >= 4 is 6.29 Å². The largest absolute Gasteiger partial charge is 0.486 e. The molecule has 1 aromatic carbocycles. The first-order valence-electron chi connectivity index (χ1n) is 12.0. The van der Waals surface area contributed by atoms with Crippen LogP contribution in [-0.4, -0.2) is 31.3 Å². The molecule has 0 N–H and O–H groups in total. The smallest absolute Gasteiger partial charge is 0.189 e. The summed E-state index contributed by atoms with van der Waals surface area (Å²) >= 11 is 0. The van der Waals surface area contributed by atoms with E-state index in [1.807, 2.05) is 6.92 Å². The number of hydrogen-bond donors (Lipinski definition) is 0. The summed E-state index contributed by atoms with van der Waals surface area (Å²) in [6.07, 6.45) is 8.57. The average Bonchev–Trinajstić information content (AvgIpc) is 2.81. The first-order chi connectivity index (χ1) is 15.6. The minimum Gasteiger partial charge on any atom is -0.486 e. The van der Waals surface area contributed by atoms with Crippen LogP contribution in [0.15, 0.2) is 18.2 Å². The summed E-state index contributed by atoms with van der Waals surface area (Å²) in [5.74, 6) is 2.12. The highest BCUT2D eigenvalue weighted by molar-refractivity contribution is 5.54. The number of rotatable bonds is 11. The highest BCUT2D eigenvalue weighted by Crippen LogP contribution is 2.37. The lowest BCUT2D eigenvalue weighted by molar-refractivity contribution is -0.109. The fourth-order valence-corrected chi connectivity index (χ4v) is 4.76. The SMILES string of the molecule is CCOCOc1ccc(Cc2c(C)cc(OCC=O)c(CC)c2C)nc1C1CCCCC1. The van der Waals surface area contributed by atoms with E-state index < -0.39 is 0 Å². The van der Waals surface area contributed by atoms with E-state index in [-0.39, 0.29) is 13.4 Å². The maximum atomic E-state index is 10.8. The Kier molecular flexibility index (Phi) is 9.10. The normalized spacial score (nSPS) is 14.4. The van der Waals surface area contributed by atoms with Crippen LogP contribution in [0.5, 0.6) is 11.5 Å². The van der Waals surface area contributed by atoms with Gasteiger partial charge in [0.2, 0.25) is 0 Å². The molecular weight excluding hydrogens is 402 g/mol. The van der Waals surface area contributed by atoms with E-state index in [2.05, 4.69) is 39.0 Å². The third kappa shape index (κ3) is 5.89. The van der Waals surface area contributed by atoms with Gasteiger partial charge in [0, 0.05) is 24.6 Å². The molecule has 1 aliphatic carbocycles. The molecule has 0 radical (unpaired) electrons. The molecule has 0 unspecified atom stereocenters. The van der Waals surface area contributed by atoms with Crippen LogP contribution in [0.3, 0.4) is 0 Å². The molecule has 1 fully saturated rings. The van der Waals surface area contributed by atoms with E-state index in [9.17, 15) is 4.79 Å². The minimum atomic E-state index is 0.0841. The number of benzene rings is 1. The molecule has 1 aromatic heterocycles. The number of carbonyl (C=O) groups excluding carboxylic acids is 1. The first-order valence-corrected chi connectivity index (χ1v) is 12.0. The number of hydrogen-bond acceptors (Lipinski definition) is 5. The fourth-order valence-electron chi connectivity index (χ4n) is 4.76. The van der Waals surface area contributed by atoms with Crippen molar-refractivity contribution in [2.75, 3.05) is 20.0 Å². The first kappa shape index (κ1) is 24.2. The Bertz CT molecular complexity index is 903. The van der Waals surface area contributed by atoms with Crippen molar-refractivity contribution in [3.63, 3.8) is 0 Å². The van der Waals surface area contributed by atoms with E-state index >= 15 is 0 Å². The van der Waals surface area contributed by atoms with Crippen molar-refractivity contribution in [3.05, 3.63) is 51.8 Å². The van der Waals surface area contributed by atoms with Gasteiger partial charge in [-0.2, -0.15) is 0 Å². The maximum absolute atomic E-state index is 10.8. The van der Waals surface area contributed by atoms with Crippen molar-refractivity contribution in [1.82, 2.24) is 4.98 Å². The number of nitrogens with zero attached hydrogens (tertiary/aromatic N) is 1. The van der Waals surface area contributed by atoms with Crippen LogP contribution in [0.4, 0.5) is 0 Å². The minimum absolute atomic E-state index is 0.0841. The summed E-state index contributed by atoms with van der Waals surface area (Å²) < 4.78 is 17.1. The van der Waals surface area contributed by atoms with Crippen LogP contribution in [0, 0.1) is 13.8 Å². The van der Waals surface area contributed by atoms with Gasteiger partial charge in [-0.15, -0.1) is 0 Å². The van der Waals surface area contributed by atoms with E-state index in [0.29, 0.717) is 12.5 Å². The Hall–Kier alpha value is -2.40. The molecule has 1 heterocycles. The molecule has 0 atom stereocenters. The van der Waals surface area contributed by atoms with Gasteiger partial charge in [-0.1, -0.05) is 26.2 Å². The maximum Gasteiger partial charge on any atom is 0.189 e. The van der Waals surface area contributed by atoms with Crippen molar-refractivity contribution in [2.45, 2.75) is 78.6 Å². The molecule has 0 spiro atoms. The van der Waals surface area contributed by atoms with E-state index in [0.717, 1.165) is 47.6 Å². The lowest BCUT2D eigenvalue weighted by Crippen LogP contribution is -2.13. The van der Waals surface area contributed by atoms with Gasteiger partial charge in [0.1, 0.15) is 18.1 Å². The van der Waals surface area contributed by atoms with Crippen LogP contribution in [0.25, 0.3) is 0 Å². The number of pyridine rings is 1. The molecule has 0 bridgehead atoms. The van der Waals surface area contributed by atoms with Gasteiger partial charge in [0.15, 0.2) is 13.1 Å². The van der Waals surface area contributed by atoms with Crippen LogP contribution < -0.4 is 9.47 Å². The quantitative estimate of drug-likeness (QED) is 0.250. The molecule has 5 nitrogen and oxygen atoms in total. The second-order valence-electron chi connectivity index (χ2n) is 8.56. The zero-order valence-electron chi connectivity index (χ0n) is 20.0. The topological polar surface area (TPSA) is 57.7 Å². The van der Waals surface area contributed by atoms with Gasteiger partial charge in [0.25, 0.3) is 0 Å². The summed E-state index contributed by atoms with van der Waals surface area (Å²) in [4.78, 5) is 15.9. The Morgan fingerprint density at radius 1 is 1.03 bits per heavy atom. The highest BCUT2D eigenvalue weighted by Gasteiger charge is 2.22. The third-order valence-corrected chi connectivity index (χ3v) is 6.48. The molecule has 5 heteroatoms. The highest BCUT2D eigenvalue weighted by atomic mass is 16.7. The Labute approximate surface area is 192 Å². The standard InChI is InChI=1S/C27H37NO4/c1-5-23-20(4)24(19(3)16-26(23)31-15-14-29)17-22-12-13-25(32-18-30-6-2)27(28-22)21-10-8-7-9-11-21/h12-14,16,21H,5-11,15,17-18H2,1-4H3. The number of aldehydes is 1. The van der Waals surface area contributed by atoms with Crippen molar-refractivity contribution < 1.29 is 19.0 Å². The van der Waals surface area contributed by atoms with Crippen molar-refractivity contribution in [3.8, 4) is 11.5 Å². The van der Waals surface area contributed by atoms with Gasteiger partial charge in [-0.25, -0.2) is 0 Å². The number of aryl methyl sites for hydroxylation is 1. The molecule has 1 aliphatic rings. The number of ether oxygens (including phenoxy) is 3. The second-order valence-corrected chi connectivity index (χ2v) is 8.56. The summed E-state index contributed by atoms with van der Waals surface area (Å²) in [7, 11) is 0. The fraction of sp³-hybridized carbons (Fsp3) is 0.556. The lowest BCUT2D eigenvalue weighted by atomic mass is 9.86. The van der Waals surface area contributed by atoms with Gasteiger partial charge >= 0.3 is 0 Å². The predicted octanol–water partition coefficient (Wildman–Crippen LogP) is 5.85. The predicted molar refractivity (Wildman–Crippen MR) is 127 cm³/mol. The molecular formula is C27H37NO4. The van der Waals surface area contributed by atoms with Gasteiger partial charge < -0.3 is 14.2 Å². The van der Waals surface area contributed by atoms with Gasteiger partial charge in [-0.05, 0) is 80.5 Å². The summed E-state index contributed by atoms with van der Waals surface area (Å²) in [6.45, 7) is 9.33. The molecule has 0 saturated heterocycles. The zero-order valence-corrected chi connectivity index (χ0v) is 20.0. The third-order valence-electron chi connectivity index (χ3n) is 6.48. The second kappa shape index (κ2) is 12.0. The van der Waals surface area contributed by atoms with Crippen LogP contribution in [-0.2, 0) is 22.4 Å². The summed E-state index contributed by atoms with van der Waals surface area (Å²) in [5, 5.41) is 0. The molecule has 3 rings (SSSR count). The van der Waals surface area contributed by atoms with Crippen molar-refractivity contribution in [1.29, 1.82) is 0 Å². The van der Waals surface area contributed by atoms with Gasteiger partial charge in [0.05, 0.1) is 5.69 Å². The average molecular weight is 440 g/mol. The van der Waals surface area contributed by atoms with E-state index in [1.165, 1.54) is 48.8 Å². The lowest BCUT2D eigenvalue weighted by Gasteiger charge is -2.24. The van der Waals surface area contributed by atoms with E-state index in [1.54, 1.807) is 0 Å². The molecule has 174 valence electrons.